The van der Waals surface area contributed by atoms with Crippen LogP contribution in [0.4, 0.5) is 0 Å². The number of benzene rings is 2. The molecule has 0 atom stereocenters. The van der Waals surface area contributed by atoms with Crippen molar-refractivity contribution in [3.05, 3.63) is 56.5 Å². The molecule has 0 fully saturated rings. The van der Waals surface area contributed by atoms with Gasteiger partial charge in [0, 0.05) is 20.1 Å². The topological polar surface area (TPSA) is 116 Å². The molecule has 0 aromatic heterocycles. The van der Waals surface area contributed by atoms with E-state index in [9.17, 15) is 10.2 Å². The molecule has 0 aliphatic carbocycles. The normalized spacial score (nSPS) is 12.2. The Labute approximate surface area is 154 Å². The number of hydrazone groups is 1. The third kappa shape index (κ3) is 5.36. The van der Waals surface area contributed by atoms with E-state index in [1.165, 1.54) is 24.6 Å². The molecule has 0 unspecified atom stereocenters. The number of nitrogens with zero attached hydrogens (tertiary/aromatic N) is 3. The van der Waals surface area contributed by atoms with Crippen LogP contribution in [0.2, 0.25) is 0 Å². The average Bonchev–Trinajstić information content (AvgIpc) is 2.54. The smallest absolute Gasteiger partial charge is 0.234 e. The van der Waals surface area contributed by atoms with E-state index >= 15 is 0 Å². The molecule has 0 aliphatic rings. The Morgan fingerprint density at radius 1 is 0.958 bits per heavy atom. The zero-order valence-electron chi connectivity index (χ0n) is 12.2. The van der Waals surface area contributed by atoms with Crippen LogP contribution in [0, 0.1) is 0 Å². The van der Waals surface area contributed by atoms with Gasteiger partial charge in [0.1, 0.15) is 11.5 Å². The quantitative estimate of drug-likeness (QED) is 0.323. The molecule has 24 heavy (non-hydrogen) atoms. The van der Waals surface area contributed by atoms with Gasteiger partial charge in [0.15, 0.2) is 0 Å². The monoisotopic (exact) mass is 453 g/mol. The molecule has 5 N–H and O–H groups in total. The average molecular weight is 455 g/mol. The molecule has 0 heterocycles. The molecule has 0 saturated heterocycles. The third-order valence-electron chi connectivity index (χ3n) is 2.72. The van der Waals surface area contributed by atoms with Gasteiger partial charge < -0.3 is 15.9 Å². The van der Waals surface area contributed by atoms with Crippen molar-refractivity contribution in [2.75, 3.05) is 0 Å². The summed E-state index contributed by atoms with van der Waals surface area (Å²) in [5.41, 5.74) is 9.08. The number of nitrogens with one attached hydrogen (secondary N) is 1. The van der Waals surface area contributed by atoms with Crippen molar-refractivity contribution in [2.24, 2.45) is 21.0 Å². The van der Waals surface area contributed by atoms with Crippen molar-refractivity contribution >= 4 is 50.2 Å². The molecule has 0 amide bonds. The molecule has 124 valence electrons. The SMILES string of the molecule is NC(=N/N=C/c1cc(Br)ccc1O)N/N=C/c1cc(Br)ccc1O. The standard InChI is InChI=1S/C15H13Br2N5O2/c16-11-1-3-13(23)9(5-11)7-19-21-15(18)22-20-8-10-6-12(17)2-4-14(10)24/h1-8,23-24H,(H3,18,21,22)/b19-7+,20-8+. The van der Waals surface area contributed by atoms with E-state index < -0.39 is 0 Å². The van der Waals surface area contributed by atoms with Crippen LogP contribution < -0.4 is 11.2 Å². The van der Waals surface area contributed by atoms with E-state index in [0.717, 1.165) is 8.95 Å². The van der Waals surface area contributed by atoms with Gasteiger partial charge >= 0.3 is 0 Å². The minimum atomic E-state index is -0.0496. The molecule has 0 aliphatic heterocycles. The van der Waals surface area contributed by atoms with Crippen molar-refractivity contribution in [3.8, 4) is 11.5 Å². The Morgan fingerprint density at radius 3 is 2.08 bits per heavy atom. The Morgan fingerprint density at radius 2 is 1.50 bits per heavy atom. The van der Waals surface area contributed by atoms with Gasteiger partial charge in [0.25, 0.3) is 0 Å². The van der Waals surface area contributed by atoms with E-state index in [1.54, 1.807) is 24.3 Å². The number of aromatic hydroxyl groups is 2. The minimum absolute atomic E-state index is 0.0496. The lowest BCUT2D eigenvalue weighted by molar-refractivity contribution is 0.474. The Bertz CT molecular complexity index is 822. The third-order valence-corrected chi connectivity index (χ3v) is 3.71. The van der Waals surface area contributed by atoms with Crippen molar-refractivity contribution in [2.45, 2.75) is 0 Å². The van der Waals surface area contributed by atoms with Crippen LogP contribution in [-0.2, 0) is 0 Å². The number of hydrogen-bond acceptors (Lipinski definition) is 5. The van der Waals surface area contributed by atoms with Gasteiger partial charge in [0.05, 0.1) is 12.4 Å². The first-order valence-electron chi connectivity index (χ1n) is 6.58. The lowest BCUT2D eigenvalue weighted by Gasteiger charge is -2.00. The van der Waals surface area contributed by atoms with Gasteiger partial charge in [-0.1, -0.05) is 31.9 Å². The lowest BCUT2D eigenvalue weighted by Crippen LogP contribution is -2.26. The maximum atomic E-state index is 9.66. The van der Waals surface area contributed by atoms with Crippen LogP contribution in [0.1, 0.15) is 11.1 Å². The summed E-state index contributed by atoms with van der Waals surface area (Å²) in [7, 11) is 0. The fourth-order valence-electron chi connectivity index (χ4n) is 1.60. The van der Waals surface area contributed by atoms with E-state index in [-0.39, 0.29) is 17.5 Å². The molecule has 2 aromatic rings. The maximum Gasteiger partial charge on any atom is 0.234 e. The molecule has 2 aromatic carbocycles. The van der Waals surface area contributed by atoms with Crippen LogP contribution >= 0.6 is 31.9 Å². The highest BCUT2D eigenvalue weighted by atomic mass is 79.9. The number of guanidine groups is 1. The van der Waals surface area contributed by atoms with Gasteiger partial charge in [-0.15, -0.1) is 5.10 Å². The molecule has 9 heteroatoms. The van der Waals surface area contributed by atoms with Gasteiger partial charge in [-0.05, 0) is 36.4 Å². The fraction of sp³-hybridized carbons (Fsp3) is 0. The summed E-state index contributed by atoms with van der Waals surface area (Å²) >= 11 is 6.60. The van der Waals surface area contributed by atoms with Crippen LogP contribution in [0.15, 0.2) is 60.6 Å². The minimum Gasteiger partial charge on any atom is -0.507 e. The summed E-state index contributed by atoms with van der Waals surface area (Å²) in [5, 5.41) is 30.6. The predicted octanol–water partition coefficient (Wildman–Crippen LogP) is 2.90. The molecule has 7 nitrogen and oxygen atoms in total. The first-order chi connectivity index (χ1) is 11.5. The second kappa shape index (κ2) is 8.46. The highest BCUT2D eigenvalue weighted by Crippen LogP contribution is 2.20. The van der Waals surface area contributed by atoms with Crippen LogP contribution in [0.25, 0.3) is 0 Å². The van der Waals surface area contributed by atoms with Crippen LogP contribution in [0.3, 0.4) is 0 Å². The molecular formula is C15H13Br2N5O2. The zero-order chi connectivity index (χ0) is 17.5. The Kier molecular flexibility index (Phi) is 6.33. The van der Waals surface area contributed by atoms with Gasteiger partial charge in [-0.3, -0.25) is 0 Å². The summed E-state index contributed by atoms with van der Waals surface area (Å²) in [4.78, 5) is 0. The highest BCUT2D eigenvalue weighted by molar-refractivity contribution is 9.10. The summed E-state index contributed by atoms with van der Waals surface area (Å²) in [6.07, 6.45) is 2.75. The maximum absolute atomic E-state index is 9.66. The first kappa shape index (κ1) is 18.0. The molecular weight excluding hydrogens is 442 g/mol. The first-order valence-corrected chi connectivity index (χ1v) is 8.17. The van der Waals surface area contributed by atoms with Crippen molar-refractivity contribution < 1.29 is 10.2 Å². The Balaban J connectivity index is 1.99. The molecule has 2 rings (SSSR count). The number of hydrogen-bond donors (Lipinski definition) is 4. The number of phenols is 2. The highest BCUT2D eigenvalue weighted by Gasteiger charge is 1.99. The molecule has 0 saturated carbocycles. The van der Waals surface area contributed by atoms with Crippen LogP contribution in [0.5, 0.6) is 11.5 Å². The van der Waals surface area contributed by atoms with Gasteiger partial charge in [0.2, 0.25) is 5.96 Å². The molecule has 0 bridgehead atoms. The van der Waals surface area contributed by atoms with E-state index in [1.807, 2.05) is 0 Å². The van der Waals surface area contributed by atoms with Crippen LogP contribution in [-0.4, -0.2) is 28.6 Å². The van der Waals surface area contributed by atoms with Crippen molar-refractivity contribution in [1.29, 1.82) is 0 Å². The van der Waals surface area contributed by atoms with E-state index in [0.29, 0.717) is 11.1 Å². The summed E-state index contributed by atoms with van der Waals surface area (Å²) in [5.74, 6) is 0.112. The molecule has 0 radical (unpaired) electrons. The Hall–Kier alpha value is -2.39. The second-order valence-corrected chi connectivity index (χ2v) is 6.34. The number of rotatable bonds is 4. The summed E-state index contributed by atoms with van der Waals surface area (Å²) < 4.78 is 1.61. The fourth-order valence-corrected chi connectivity index (χ4v) is 2.36. The predicted molar refractivity (Wildman–Crippen MR) is 102 cm³/mol. The molecule has 0 spiro atoms. The summed E-state index contributed by atoms with van der Waals surface area (Å²) in [6.45, 7) is 0. The second-order valence-electron chi connectivity index (χ2n) is 4.51. The number of nitrogens with two attached hydrogens (primary N) is 1. The van der Waals surface area contributed by atoms with E-state index in [4.69, 9.17) is 5.73 Å². The van der Waals surface area contributed by atoms with Gasteiger partial charge in [-0.2, -0.15) is 10.2 Å². The lowest BCUT2D eigenvalue weighted by atomic mass is 10.2. The van der Waals surface area contributed by atoms with Crippen molar-refractivity contribution in [3.63, 3.8) is 0 Å². The van der Waals surface area contributed by atoms with Crippen molar-refractivity contribution in [1.82, 2.24) is 5.43 Å². The summed E-state index contributed by atoms with van der Waals surface area (Å²) in [6, 6.07) is 9.87. The number of phenolic OH excluding ortho intramolecular Hbond substituents is 2. The largest absolute Gasteiger partial charge is 0.507 e. The zero-order valence-corrected chi connectivity index (χ0v) is 15.4. The number of halogens is 2. The van der Waals surface area contributed by atoms with E-state index in [2.05, 4.69) is 52.6 Å². The van der Waals surface area contributed by atoms with Gasteiger partial charge in [-0.25, -0.2) is 5.43 Å².